The summed E-state index contributed by atoms with van der Waals surface area (Å²) in [5, 5.41) is 3.62. The Kier molecular flexibility index (Phi) is 4.62. The number of carbonyl (C=O) groups is 1. The van der Waals surface area contributed by atoms with Crippen LogP contribution in [0.5, 0.6) is 5.75 Å². The van der Waals surface area contributed by atoms with Crippen LogP contribution in [0.1, 0.15) is 12.5 Å². The maximum atomic E-state index is 12.8. The number of benzene rings is 2. The molecule has 3 rings (SSSR count). The fourth-order valence-electron chi connectivity index (χ4n) is 2.87. The molecule has 5 heteroatoms. The normalized spacial score (nSPS) is 21.6. The molecular formula is C19H21N3O2. The second-order valence-electron chi connectivity index (χ2n) is 5.76. The van der Waals surface area contributed by atoms with Crippen LogP contribution in [0, 0.1) is 0 Å². The van der Waals surface area contributed by atoms with Gasteiger partial charge in [-0.1, -0.05) is 30.3 Å². The van der Waals surface area contributed by atoms with Gasteiger partial charge >= 0.3 is 0 Å². The van der Waals surface area contributed by atoms with E-state index in [0.717, 1.165) is 17.0 Å². The molecule has 1 amide bonds. The Morgan fingerprint density at radius 3 is 2.46 bits per heavy atom. The van der Waals surface area contributed by atoms with Crippen molar-refractivity contribution in [2.75, 3.05) is 19.2 Å². The number of carbonyl (C=O) groups excluding carboxylic acids is 1. The Morgan fingerprint density at radius 2 is 1.75 bits per heavy atom. The topological polar surface area (TPSA) is 45.1 Å². The number of hydrogen-bond acceptors (Lipinski definition) is 4. The highest BCUT2D eigenvalue weighted by Crippen LogP contribution is 2.27. The zero-order valence-electron chi connectivity index (χ0n) is 14.1. The summed E-state index contributed by atoms with van der Waals surface area (Å²) in [4.78, 5) is 17.4. The smallest absolute Gasteiger partial charge is 0.268 e. The molecule has 2 unspecified atom stereocenters. The Labute approximate surface area is 142 Å². The lowest BCUT2D eigenvalue weighted by molar-refractivity contribution is -0.118. The molecule has 5 nitrogen and oxygen atoms in total. The minimum absolute atomic E-state index is 0.0244. The first-order valence-corrected chi connectivity index (χ1v) is 7.91. The molecule has 0 N–H and O–H groups in total. The molecule has 1 fully saturated rings. The Hall–Kier alpha value is -2.66. The number of ether oxygens (including phenoxy) is 1. The van der Waals surface area contributed by atoms with Crippen LogP contribution in [0.3, 0.4) is 0 Å². The summed E-state index contributed by atoms with van der Waals surface area (Å²) in [7, 11) is 3.54. The monoisotopic (exact) mass is 323 g/mol. The second kappa shape index (κ2) is 6.84. The lowest BCUT2D eigenvalue weighted by Gasteiger charge is -2.26. The van der Waals surface area contributed by atoms with Crippen LogP contribution in [-0.2, 0) is 4.79 Å². The van der Waals surface area contributed by atoms with Gasteiger partial charge in [0.1, 0.15) is 11.8 Å². The molecule has 0 aromatic heterocycles. The Bertz CT molecular complexity index is 745. The lowest BCUT2D eigenvalue weighted by Crippen LogP contribution is -2.38. The maximum absolute atomic E-state index is 12.8. The van der Waals surface area contributed by atoms with Crippen molar-refractivity contribution >= 4 is 17.8 Å². The van der Waals surface area contributed by atoms with E-state index in [-0.39, 0.29) is 11.9 Å². The molecule has 1 heterocycles. The van der Waals surface area contributed by atoms with Gasteiger partial charge in [0.15, 0.2) is 0 Å². The number of rotatable bonds is 4. The van der Waals surface area contributed by atoms with Crippen LogP contribution in [0.25, 0.3) is 0 Å². The van der Waals surface area contributed by atoms with Crippen LogP contribution in [0.2, 0.25) is 0 Å². The van der Waals surface area contributed by atoms with Crippen LogP contribution >= 0.6 is 0 Å². The minimum atomic E-state index is -0.444. The van der Waals surface area contributed by atoms with E-state index in [4.69, 9.17) is 4.74 Å². The van der Waals surface area contributed by atoms with Gasteiger partial charge in [0.05, 0.1) is 18.8 Å². The third kappa shape index (κ3) is 2.90. The van der Waals surface area contributed by atoms with E-state index in [0.29, 0.717) is 0 Å². The second-order valence-corrected chi connectivity index (χ2v) is 5.76. The zero-order chi connectivity index (χ0) is 17.1. The molecule has 2 atom stereocenters. The van der Waals surface area contributed by atoms with Crippen molar-refractivity contribution in [3.05, 3.63) is 60.2 Å². The highest BCUT2D eigenvalue weighted by atomic mass is 16.5. The summed E-state index contributed by atoms with van der Waals surface area (Å²) < 4.78 is 5.33. The average Bonchev–Trinajstić information content (AvgIpc) is 2.83. The standard InChI is InChI=1S/C19H21N3O2/c1-14-18(20-13-15-9-7-8-12-17(15)24-3)19(23)22(21(14)2)16-10-5-4-6-11-16/h4-14,18H,1-3H3. The SMILES string of the molecule is COc1ccccc1C=NC1C(=O)N(c2ccccc2)N(C)C1C. The molecule has 1 saturated heterocycles. The number of hydrazine groups is 1. The van der Waals surface area contributed by atoms with E-state index in [9.17, 15) is 4.79 Å². The molecular weight excluding hydrogens is 302 g/mol. The molecule has 0 saturated carbocycles. The van der Waals surface area contributed by atoms with Crippen LogP contribution in [0.15, 0.2) is 59.6 Å². The molecule has 0 bridgehead atoms. The maximum Gasteiger partial charge on any atom is 0.268 e. The van der Waals surface area contributed by atoms with Gasteiger partial charge < -0.3 is 4.74 Å². The molecule has 0 radical (unpaired) electrons. The van der Waals surface area contributed by atoms with Gasteiger partial charge in [0.25, 0.3) is 5.91 Å². The summed E-state index contributed by atoms with van der Waals surface area (Å²) in [6, 6.07) is 16.8. The fraction of sp³-hybridized carbons (Fsp3) is 0.263. The van der Waals surface area contributed by atoms with E-state index in [1.165, 1.54) is 0 Å². The third-order valence-corrected chi connectivity index (χ3v) is 4.34. The molecule has 1 aliphatic rings. The first-order chi connectivity index (χ1) is 11.6. The van der Waals surface area contributed by atoms with Gasteiger partial charge in [0.2, 0.25) is 0 Å². The highest BCUT2D eigenvalue weighted by Gasteiger charge is 2.42. The average molecular weight is 323 g/mol. The molecule has 124 valence electrons. The molecule has 2 aromatic carbocycles. The van der Waals surface area contributed by atoms with E-state index < -0.39 is 6.04 Å². The van der Waals surface area contributed by atoms with Crippen LogP contribution < -0.4 is 9.75 Å². The number of nitrogens with zero attached hydrogens (tertiary/aromatic N) is 3. The van der Waals surface area contributed by atoms with E-state index in [1.54, 1.807) is 18.3 Å². The molecule has 1 aliphatic heterocycles. The van der Waals surface area contributed by atoms with Gasteiger partial charge in [0, 0.05) is 18.8 Å². The number of aliphatic imine (C=N–C) groups is 1. The first-order valence-electron chi connectivity index (χ1n) is 7.91. The van der Waals surface area contributed by atoms with Crippen LogP contribution in [-0.4, -0.2) is 43.4 Å². The number of methoxy groups -OCH3 is 1. The van der Waals surface area contributed by atoms with Crippen molar-refractivity contribution < 1.29 is 9.53 Å². The Balaban J connectivity index is 1.86. The predicted molar refractivity (Wildman–Crippen MR) is 95.5 cm³/mol. The van der Waals surface area contributed by atoms with Crippen molar-refractivity contribution in [2.45, 2.75) is 19.0 Å². The highest BCUT2D eigenvalue weighted by molar-refractivity contribution is 6.00. The summed E-state index contributed by atoms with van der Waals surface area (Å²) in [5.74, 6) is 0.718. The number of amides is 1. The summed E-state index contributed by atoms with van der Waals surface area (Å²) in [6.45, 7) is 2.01. The largest absolute Gasteiger partial charge is 0.496 e. The van der Waals surface area contributed by atoms with Gasteiger partial charge in [-0.2, -0.15) is 0 Å². The summed E-state index contributed by atoms with van der Waals surface area (Å²) in [6.07, 6.45) is 1.72. The lowest BCUT2D eigenvalue weighted by atomic mass is 10.1. The van der Waals surface area contributed by atoms with Gasteiger partial charge in [-0.25, -0.2) is 10.0 Å². The number of anilines is 1. The Morgan fingerprint density at radius 1 is 1.08 bits per heavy atom. The third-order valence-electron chi connectivity index (χ3n) is 4.34. The molecule has 2 aromatic rings. The van der Waals surface area contributed by atoms with E-state index in [1.807, 2.05) is 73.6 Å². The van der Waals surface area contributed by atoms with E-state index >= 15 is 0 Å². The van der Waals surface area contributed by atoms with Gasteiger partial charge in [-0.05, 0) is 31.2 Å². The van der Waals surface area contributed by atoms with Crippen molar-refractivity contribution in [3.63, 3.8) is 0 Å². The van der Waals surface area contributed by atoms with E-state index in [2.05, 4.69) is 4.99 Å². The van der Waals surface area contributed by atoms with Crippen molar-refractivity contribution in [2.24, 2.45) is 4.99 Å². The molecule has 0 spiro atoms. The van der Waals surface area contributed by atoms with Gasteiger partial charge in [-0.3, -0.25) is 9.79 Å². The summed E-state index contributed by atoms with van der Waals surface area (Å²) >= 11 is 0. The van der Waals surface area contributed by atoms with Gasteiger partial charge in [-0.15, -0.1) is 0 Å². The number of likely N-dealkylation sites (N-methyl/N-ethyl adjacent to an activating group) is 1. The van der Waals surface area contributed by atoms with Crippen molar-refractivity contribution in [1.29, 1.82) is 0 Å². The van der Waals surface area contributed by atoms with Crippen molar-refractivity contribution in [1.82, 2.24) is 5.01 Å². The number of para-hydroxylation sites is 2. The van der Waals surface area contributed by atoms with Crippen molar-refractivity contribution in [3.8, 4) is 5.75 Å². The molecule has 24 heavy (non-hydrogen) atoms. The zero-order valence-corrected chi connectivity index (χ0v) is 14.1. The van der Waals surface area contributed by atoms with Crippen LogP contribution in [0.4, 0.5) is 5.69 Å². The minimum Gasteiger partial charge on any atom is -0.496 e. The quantitative estimate of drug-likeness (QED) is 0.813. The first kappa shape index (κ1) is 16.2. The summed E-state index contributed by atoms with van der Waals surface area (Å²) in [5.41, 5.74) is 1.72. The predicted octanol–water partition coefficient (Wildman–Crippen LogP) is 2.76. The fourth-order valence-corrected chi connectivity index (χ4v) is 2.87. The molecule has 0 aliphatic carbocycles. The number of hydrogen-bond donors (Lipinski definition) is 0.